The standard InChI is InChI=1S/C14H22N2/c1-15-11-12-7-9-14(10-8-12)16-13-5-3-2-4-6-13/h7-10,13,15-16H,2-6,11H2,1H3. The van der Waals surface area contributed by atoms with E-state index in [0.29, 0.717) is 6.04 Å². The first-order valence-electron chi connectivity index (χ1n) is 6.38. The van der Waals surface area contributed by atoms with Crippen molar-refractivity contribution >= 4 is 5.69 Å². The van der Waals surface area contributed by atoms with Gasteiger partial charge in [0.2, 0.25) is 0 Å². The van der Waals surface area contributed by atoms with E-state index in [1.54, 1.807) is 0 Å². The van der Waals surface area contributed by atoms with E-state index in [1.165, 1.54) is 43.4 Å². The Balaban J connectivity index is 1.88. The zero-order chi connectivity index (χ0) is 11.2. The van der Waals surface area contributed by atoms with Crippen LogP contribution in [0, 0.1) is 0 Å². The first-order valence-corrected chi connectivity index (χ1v) is 6.38. The van der Waals surface area contributed by atoms with Gasteiger partial charge in [-0.2, -0.15) is 0 Å². The highest BCUT2D eigenvalue weighted by Gasteiger charge is 2.12. The highest BCUT2D eigenvalue weighted by atomic mass is 14.9. The van der Waals surface area contributed by atoms with Gasteiger partial charge in [0.25, 0.3) is 0 Å². The van der Waals surface area contributed by atoms with Gasteiger partial charge in [-0.25, -0.2) is 0 Å². The lowest BCUT2D eigenvalue weighted by Gasteiger charge is -2.23. The summed E-state index contributed by atoms with van der Waals surface area (Å²) in [6.07, 6.45) is 6.85. The molecule has 1 aliphatic rings. The Bertz CT molecular complexity index is 299. The number of hydrogen-bond donors (Lipinski definition) is 2. The zero-order valence-electron chi connectivity index (χ0n) is 10.1. The van der Waals surface area contributed by atoms with Crippen molar-refractivity contribution < 1.29 is 0 Å². The number of anilines is 1. The average Bonchev–Trinajstić information content (AvgIpc) is 2.33. The highest BCUT2D eigenvalue weighted by Crippen LogP contribution is 2.21. The van der Waals surface area contributed by atoms with Crippen molar-refractivity contribution in [2.75, 3.05) is 12.4 Å². The topological polar surface area (TPSA) is 24.1 Å². The molecule has 0 bridgehead atoms. The van der Waals surface area contributed by atoms with Crippen LogP contribution in [0.3, 0.4) is 0 Å². The summed E-state index contributed by atoms with van der Waals surface area (Å²) in [6.45, 7) is 0.948. The van der Waals surface area contributed by atoms with Crippen LogP contribution in [0.4, 0.5) is 5.69 Å². The molecule has 1 aliphatic carbocycles. The second-order valence-electron chi connectivity index (χ2n) is 4.71. The monoisotopic (exact) mass is 218 g/mol. The quantitative estimate of drug-likeness (QED) is 0.811. The van der Waals surface area contributed by atoms with Gasteiger partial charge < -0.3 is 10.6 Å². The Kier molecular flexibility index (Phi) is 4.23. The lowest BCUT2D eigenvalue weighted by atomic mass is 9.95. The SMILES string of the molecule is CNCc1ccc(NC2CCCCC2)cc1. The van der Waals surface area contributed by atoms with E-state index in [1.807, 2.05) is 7.05 Å². The van der Waals surface area contributed by atoms with Crippen LogP contribution in [-0.4, -0.2) is 13.1 Å². The molecule has 0 amide bonds. The first-order chi connectivity index (χ1) is 7.88. The van der Waals surface area contributed by atoms with Gasteiger partial charge in [-0.15, -0.1) is 0 Å². The maximum absolute atomic E-state index is 3.63. The van der Waals surface area contributed by atoms with Crippen LogP contribution in [0.5, 0.6) is 0 Å². The van der Waals surface area contributed by atoms with Gasteiger partial charge in [-0.3, -0.25) is 0 Å². The lowest BCUT2D eigenvalue weighted by Crippen LogP contribution is -2.22. The molecule has 88 valence electrons. The summed E-state index contributed by atoms with van der Waals surface area (Å²) in [5.74, 6) is 0. The van der Waals surface area contributed by atoms with Crippen LogP contribution in [0.15, 0.2) is 24.3 Å². The Hall–Kier alpha value is -1.02. The minimum Gasteiger partial charge on any atom is -0.382 e. The van der Waals surface area contributed by atoms with Crippen LogP contribution >= 0.6 is 0 Å². The lowest BCUT2D eigenvalue weighted by molar-refractivity contribution is 0.463. The van der Waals surface area contributed by atoms with Crippen LogP contribution < -0.4 is 10.6 Å². The third kappa shape index (κ3) is 3.24. The summed E-state index contributed by atoms with van der Waals surface area (Å²) < 4.78 is 0. The summed E-state index contributed by atoms with van der Waals surface area (Å²) in [5, 5.41) is 6.79. The fourth-order valence-electron chi connectivity index (χ4n) is 2.41. The molecule has 2 rings (SSSR count). The van der Waals surface area contributed by atoms with Gasteiger partial charge in [0.15, 0.2) is 0 Å². The molecule has 0 aliphatic heterocycles. The minimum atomic E-state index is 0.698. The van der Waals surface area contributed by atoms with E-state index in [4.69, 9.17) is 0 Å². The largest absolute Gasteiger partial charge is 0.382 e. The van der Waals surface area contributed by atoms with E-state index in [2.05, 4.69) is 34.9 Å². The van der Waals surface area contributed by atoms with E-state index in [-0.39, 0.29) is 0 Å². The van der Waals surface area contributed by atoms with Crippen molar-refractivity contribution in [1.29, 1.82) is 0 Å². The Morgan fingerprint density at radius 2 is 1.75 bits per heavy atom. The van der Waals surface area contributed by atoms with Gasteiger partial charge >= 0.3 is 0 Å². The molecule has 0 radical (unpaired) electrons. The third-order valence-electron chi connectivity index (χ3n) is 3.31. The maximum atomic E-state index is 3.63. The predicted molar refractivity (Wildman–Crippen MR) is 69.7 cm³/mol. The first kappa shape index (κ1) is 11.5. The Morgan fingerprint density at radius 3 is 2.38 bits per heavy atom. The van der Waals surface area contributed by atoms with Crippen molar-refractivity contribution in [2.45, 2.75) is 44.7 Å². The number of benzene rings is 1. The zero-order valence-corrected chi connectivity index (χ0v) is 10.1. The van der Waals surface area contributed by atoms with Crippen molar-refractivity contribution in [3.05, 3.63) is 29.8 Å². The molecular formula is C14H22N2. The van der Waals surface area contributed by atoms with E-state index in [0.717, 1.165) is 6.54 Å². The minimum absolute atomic E-state index is 0.698. The summed E-state index contributed by atoms with van der Waals surface area (Å²) in [5.41, 5.74) is 2.61. The summed E-state index contributed by atoms with van der Waals surface area (Å²) >= 11 is 0. The van der Waals surface area contributed by atoms with E-state index < -0.39 is 0 Å². The third-order valence-corrected chi connectivity index (χ3v) is 3.31. The molecule has 16 heavy (non-hydrogen) atoms. The molecule has 1 fully saturated rings. The van der Waals surface area contributed by atoms with Crippen LogP contribution in [0.25, 0.3) is 0 Å². The van der Waals surface area contributed by atoms with Crippen LogP contribution in [0.1, 0.15) is 37.7 Å². The average molecular weight is 218 g/mol. The molecule has 0 atom stereocenters. The van der Waals surface area contributed by atoms with Crippen molar-refractivity contribution in [1.82, 2.24) is 5.32 Å². The smallest absolute Gasteiger partial charge is 0.0342 e. The molecule has 2 nitrogen and oxygen atoms in total. The van der Waals surface area contributed by atoms with Crippen molar-refractivity contribution in [3.63, 3.8) is 0 Å². The fraction of sp³-hybridized carbons (Fsp3) is 0.571. The highest BCUT2D eigenvalue weighted by molar-refractivity contribution is 5.45. The molecule has 0 spiro atoms. The Labute approximate surface area is 98.4 Å². The predicted octanol–water partition coefficient (Wildman–Crippen LogP) is 3.15. The van der Waals surface area contributed by atoms with Gasteiger partial charge in [0.1, 0.15) is 0 Å². The summed E-state index contributed by atoms with van der Waals surface area (Å²) in [4.78, 5) is 0. The van der Waals surface area contributed by atoms with Gasteiger partial charge in [0, 0.05) is 18.3 Å². The molecule has 1 saturated carbocycles. The maximum Gasteiger partial charge on any atom is 0.0342 e. The second kappa shape index (κ2) is 5.90. The molecular weight excluding hydrogens is 196 g/mol. The number of nitrogens with one attached hydrogen (secondary N) is 2. The Morgan fingerprint density at radius 1 is 1.06 bits per heavy atom. The summed E-state index contributed by atoms with van der Waals surface area (Å²) in [6, 6.07) is 9.48. The van der Waals surface area contributed by atoms with Gasteiger partial charge in [-0.05, 0) is 37.6 Å². The van der Waals surface area contributed by atoms with Gasteiger partial charge in [0.05, 0.1) is 0 Å². The molecule has 0 heterocycles. The molecule has 1 aromatic carbocycles. The molecule has 0 unspecified atom stereocenters. The molecule has 0 saturated heterocycles. The molecule has 2 N–H and O–H groups in total. The van der Waals surface area contributed by atoms with Crippen LogP contribution in [-0.2, 0) is 6.54 Å². The normalized spacial score (nSPS) is 17.3. The number of hydrogen-bond acceptors (Lipinski definition) is 2. The van der Waals surface area contributed by atoms with Gasteiger partial charge in [-0.1, -0.05) is 31.4 Å². The molecule has 1 aromatic rings. The van der Waals surface area contributed by atoms with Crippen molar-refractivity contribution in [2.24, 2.45) is 0 Å². The van der Waals surface area contributed by atoms with E-state index >= 15 is 0 Å². The molecule has 2 heteroatoms. The second-order valence-corrected chi connectivity index (χ2v) is 4.71. The fourth-order valence-corrected chi connectivity index (χ4v) is 2.41. The summed E-state index contributed by atoms with van der Waals surface area (Å²) in [7, 11) is 1.98. The van der Waals surface area contributed by atoms with Crippen molar-refractivity contribution in [3.8, 4) is 0 Å². The van der Waals surface area contributed by atoms with E-state index in [9.17, 15) is 0 Å². The van der Waals surface area contributed by atoms with Crippen LogP contribution in [0.2, 0.25) is 0 Å². The molecule has 0 aromatic heterocycles. The number of rotatable bonds is 4.